The Balaban J connectivity index is 1.61. The third kappa shape index (κ3) is 3.90. The van der Waals surface area contributed by atoms with Crippen molar-refractivity contribution in [1.82, 2.24) is 10.3 Å². The van der Waals surface area contributed by atoms with Crippen LogP contribution in [0.5, 0.6) is 5.75 Å². The average Bonchev–Trinajstić information content (AvgIpc) is 2.91. The molecule has 3 aromatic rings. The van der Waals surface area contributed by atoms with E-state index in [4.69, 9.17) is 0 Å². The van der Waals surface area contributed by atoms with Gasteiger partial charge in [0, 0.05) is 18.0 Å². The molecular formula is C22H18F3N3O3. The molecular weight excluding hydrogens is 411 g/mol. The van der Waals surface area contributed by atoms with Crippen molar-refractivity contribution in [3.63, 3.8) is 0 Å². The number of aryl methyl sites for hydroxylation is 1. The van der Waals surface area contributed by atoms with E-state index in [0.717, 1.165) is 39.1 Å². The van der Waals surface area contributed by atoms with Crippen molar-refractivity contribution >= 4 is 28.5 Å². The summed E-state index contributed by atoms with van der Waals surface area (Å²) in [5.74, 6) is -0.940. The van der Waals surface area contributed by atoms with Crippen molar-refractivity contribution in [1.29, 1.82) is 0 Å². The molecule has 2 heterocycles. The molecule has 31 heavy (non-hydrogen) atoms. The zero-order valence-electron chi connectivity index (χ0n) is 16.7. The van der Waals surface area contributed by atoms with Crippen molar-refractivity contribution in [2.75, 3.05) is 4.90 Å². The molecule has 1 unspecified atom stereocenters. The van der Waals surface area contributed by atoms with E-state index in [1.807, 2.05) is 25.1 Å². The predicted octanol–water partition coefficient (Wildman–Crippen LogP) is 4.50. The fourth-order valence-corrected chi connectivity index (χ4v) is 3.75. The Labute approximate surface area is 175 Å². The number of hydrogen-bond donors (Lipinski definition) is 1. The first-order valence-corrected chi connectivity index (χ1v) is 9.43. The van der Waals surface area contributed by atoms with Crippen molar-refractivity contribution in [3.8, 4) is 5.75 Å². The van der Waals surface area contributed by atoms with E-state index in [9.17, 15) is 22.8 Å². The summed E-state index contributed by atoms with van der Waals surface area (Å²) < 4.78 is 40.9. The van der Waals surface area contributed by atoms with Gasteiger partial charge in [0.2, 0.25) is 0 Å². The number of carbonyl (C=O) groups is 2. The topological polar surface area (TPSA) is 71.5 Å². The Bertz CT molecular complexity index is 1180. The van der Waals surface area contributed by atoms with Crippen LogP contribution in [0.1, 0.15) is 18.1 Å². The van der Waals surface area contributed by atoms with Gasteiger partial charge in [-0.2, -0.15) is 0 Å². The average molecular weight is 429 g/mol. The first-order chi connectivity index (χ1) is 14.6. The van der Waals surface area contributed by atoms with E-state index in [1.54, 1.807) is 19.2 Å². The second-order valence-electron chi connectivity index (χ2n) is 7.56. The number of nitrogens with one attached hydrogen (secondary N) is 1. The summed E-state index contributed by atoms with van der Waals surface area (Å²) in [6.45, 7) is 3.56. The van der Waals surface area contributed by atoms with Gasteiger partial charge in [0.05, 0.1) is 11.2 Å². The van der Waals surface area contributed by atoms with E-state index >= 15 is 0 Å². The predicted molar refractivity (Wildman–Crippen MR) is 108 cm³/mol. The fourth-order valence-electron chi connectivity index (χ4n) is 3.75. The zero-order valence-corrected chi connectivity index (χ0v) is 16.7. The van der Waals surface area contributed by atoms with Gasteiger partial charge in [-0.3, -0.25) is 9.78 Å². The van der Waals surface area contributed by atoms with Gasteiger partial charge in [-0.25, -0.2) is 9.69 Å². The number of pyridine rings is 1. The molecule has 4 rings (SSSR count). The number of benzene rings is 2. The third-order valence-electron chi connectivity index (χ3n) is 5.20. The maximum atomic E-state index is 13.2. The molecule has 2 aromatic carbocycles. The summed E-state index contributed by atoms with van der Waals surface area (Å²) in [4.78, 5) is 31.1. The number of anilines is 1. The lowest BCUT2D eigenvalue weighted by Crippen LogP contribution is -2.46. The van der Waals surface area contributed by atoms with Crippen molar-refractivity contribution in [2.45, 2.75) is 32.2 Å². The lowest BCUT2D eigenvalue weighted by molar-refractivity contribution is -0.274. The van der Waals surface area contributed by atoms with Crippen LogP contribution in [0.2, 0.25) is 0 Å². The Kier molecular flexibility index (Phi) is 4.83. The van der Waals surface area contributed by atoms with E-state index in [1.165, 1.54) is 12.1 Å². The number of carbonyl (C=O) groups excluding carboxylic acids is 2. The van der Waals surface area contributed by atoms with Gasteiger partial charge in [-0.05, 0) is 55.3 Å². The van der Waals surface area contributed by atoms with E-state index in [2.05, 4.69) is 15.0 Å². The number of hydrogen-bond acceptors (Lipinski definition) is 4. The van der Waals surface area contributed by atoms with Crippen LogP contribution in [0.3, 0.4) is 0 Å². The second-order valence-corrected chi connectivity index (χ2v) is 7.56. The molecule has 0 bridgehead atoms. The number of alkyl halides is 3. The number of amides is 3. The number of nitrogens with zero attached hydrogens (tertiary/aromatic N) is 2. The highest BCUT2D eigenvalue weighted by atomic mass is 19.4. The molecule has 1 aromatic heterocycles. The van der Waals surface area contributed by atoms with Gasteiger partial charge < -0.3 is 10.1 Å². The maximum absolute atomic E-state index is 13.2. The molecule has 1 aliphatic heterocycles. The van der Waals surface area contributed by atoms with Crippen LogP contribution < -0.4 is 15.0 Å². The van der Waals surface area contributed by atoms with Gasteiger partial charge >= 0.3 is 12.4 Å². The molecule has 160 valence electrons. The van der Waals surface area contributed by atoms with Gasteiger partial charge in [0.25, 0.3) is 5.91 Å². The molecule has 0 saturated carbocycles. The Morgan fingerprint density at radius 2 is 1.81 bits per heavy atom. The number of para-hydroxylation sites is 1. The van der Waals surface area contributed by atoms with Gasteiger partial charge in [0.15, 0.2) is 0 Å². The largest absolute Gasteiger partial charge is 0.573 e. The number of imide groups is 1. The van der Waals surface area contributed by atoms with Crippen molar-refractivity contribution in [2.24, 2.45) is 0 Å². The standard InChI is InChI=1S/C22H18F3N3O3/c1-13-4-3-5-17-14(10-11-26-18(13)17)12-21(2)19(29)28(20(30)27-21)15-6-8-16(9-7-15)31-22(23,24)25/h3-11H,12H2,1-2H3,(H,27,30). The quantitative estimate of drug-likeness (QED) is 0.620. The van der Waals surface area contributed by atoms with Crippen LogP contribution in [0, 0.1) is 6.92 Å². The lowest BCUT2D eigenvalue weighted by Gasteiger charge is -2.22. The van der Waals surface area contributed by atoms with Crippen LogP contribution in [-0.2, 0) is 11.2 Å². The third-order valence-corrected chi connectivity index (χ3v) is 5.20. The zero-order chi connectivity index (χ0) is 22.4. The van der Waals surface area contributed by atoms with E-state index in [0.29, 0.717) is 0 Å². The number of aromatic nitrogens is 1. The number of urea groups is 1. The fraction of sp³-hybridized carbons (Fsp3) is 0.227. The molecule has 1 fully saturated rings. The monoisotopic (exact) mass is 429 g/mol. The molecule has 1 saturated heterocycles. The van der Waals surface area contributed by atoms with Crippen LogP contribution >= 0.6 is 0 Å². The highest BCUT2D eigenvalue weighted by molar-refractivity contribution is 6.23. The minimum atomic E-state index is -4.83. The van der Waals surface area contributed by atoms with Crippen molar-refractivity contribution < 1.29 is 27.5 Å². The van der Waals surface area contributed by atoms with E-state index in [-0.39, 0.29) is 12.1 Å². The summed E-state index contributed by atoms with van der Waals surface area (Å²) in [5, 5.41) is 3.60. The highest BCUT2D eigenvalue weighted by Crippen LogP contribution is 2.31. The Hall–Kier alpha value is -3.62. The van der Waals surface area contributed by atoms with Gasteiger partial charge in [-0.15, -0.1) is 13.2 Å². The van der Waals surface area contributed by atoms with Gasteiger partial charge in [0.1, 0.15) is 11.3 Å². The minimum absolute atomic E-state index is 0.149. The van der Waals surface area contributed by atoms with Crippen LogP contribution in [0.4, 0.5) is 23.7 Å². The van der Waals surface area contributed by atoms with Crippen LogP contribution in [-0.4, -0.2) is 28.8 Å². The van der Waals surface area contributed by atoms with E-state index < -0.39 is 29.6 Å². The minimum Gasteiger partial charge on any atom is -0.406 e. The molecule has 0 aliphatic carbocycles. The SMILES string of the molecule is Cc1cccc2c(CC3(C)NC(=O)N(c4ccc(OC(F)(F)F)cc4)C3=O)ccnc12. The first kappa shape index (κ1) is 20.6. The molecule has 1 atom stereocenters. The molecule has 9 heteroatoms. The summed E-state index contributed by atoms with van der Waals surface area (Å²) >= 11 is 0. The Morgan fingerprint density at radius 3 is 2.48 bits per heavy atom. The smallest absolute Gasteiger partial charge is 0.406 e. The number of ether oxygens (including phenoxy) is 1. The summed E-state index contributed by atoms with van der Waals surface area (Å²) in [6, 6.07) is 11.5. The maximum Gasteiger partial charge on any atom is 0.573 e. The molecule has 1 aliphatic rings. The molecule has 0 radical (unpaired) electrons. The molecule has 1 N–H and O–H groups in total. The lowest BCUT2D eigenvalue weighted by atomic mass is 9.90. The normalized spacial score (nSPS) is 19.1. The summed E-state index contributed by atoms with van der Waals surface area (Å²) in [6.07, 6.45) is -2.94. The number of halogens is 3. The first-order valence-electron chi connectivity index (χ1n) is 9.43. The second kappa shape index (κ2) is 7.26. The highest BCUT2D eigenvalue weighted by Gasteiger charge is 2.48. The Morgan fingerprint density at radius 1 is 1.10 bits per heavy atom. The van der Waals surface area contributed by atoms with Crippen LogP contribution in [0.25, 0.3) is 10.9 Å². The van der Waals surface area contributed by atoms with Gasteiger partial charge in [-0.1, -0.05) is 18.2 Å². The summed E-state index contributed by atoms with van der Waals surface area (Å²) in [5.41, 5.74) is 1.58. The van der Waals surface area contributed by atoms with Crippen molar-refractivity contribution in [3.05, 3.63) is 65.9 Å². The number of rotatable bonds is 4. The van der Waals surface area contributed by atoms with Crippen LogP contribution in [0.15, 0.2) is 54.7 Å². The number of fused-ring (bicyclic) bond motifs is 1. The molecule has 3 amide bonds. The molecule has 6 nitrogen and oxygen atoms in total. The summed E-state index contributed by atoms with van der Waals surface area (Å²) in [7, 11) is 0. The molecule has 0 spiro atoms.